The summed E-state index contributed by atoms with van der Waals surface area (Å²) in [5, 5.41) is 0. The van der Waals surface area contributed by atoms with Crippen LogP contribution in [0.4, 0.5) is 0 Å². The fourth-order valence-corrected chi connectivity index (χ4v) is 3.06. The Hall–Kier alpha value is -0.860. The lowest BCUT2D eigenvalue weighted by atomic mass is 9.88. The Kier molecular flexibility index (Phi) is 5.62. The van der Waals surface area contributed by atoms with Crippen molar-refractivity contribution in [2.75, 3.05) is 0 Å². The third kappa shape index (κ3) is 4.07. The molecule has 0 saturated heterocycles. The highest BCUT2D eigenvalue weighted by Crippen LogP contribution is 2.31. The third-order valence-corrected chi connectivity index (χ3v) is 4.53. The Balaban J connectivity index is 2.08. The number of nitrogens with two attached hydrogens (primary N) is 1. The van der Waals surface area contributed by atoms with Crippen molar-refractivity contribution in [3.8, 4) is 0 Å². The Morgan fingerprint density at radius 1 is 1.25 bits per heavy atom. The van der Waals surface area contributed by atoms with Gasteiger partial charge in [-0.3, -0.25) is 0 Å². The summed E-state index contributed by atoms with van der Waals surface area (Å²) in [6, 6.07) is 8.67. The molecule has 1 aliphatic carbocycles. The van der Waals surface area contributed by atoms with E-state index in [1.807, 2.05) is 0 Å². The van der Waals surface area contributed by atoms with Gasteiger partial charge >= 0.3 is 0 Å². The van der Waals surface area contributed by atoms with E-state index in [1.165, 1.54) is 36.8 Å². The van der Waals surface area contributed by atoms with Crippen molar-refractivity contribution < 1.29 is 4.74 Å². The molecule has 2 N–H and O–H groups in total. The Morgan fingerprint density at radius 3 is 2.55 bits per heavy atom. The molecule has 2 atom stereocenters. The van der Waals surface area contributed by atoms with Crippen LogP contribution in [0.2, 0.25) is 0 Å². The molecular weight excluding hydrogens is 246 g/mol. The Bertz CT molecular complexity index is 410. The van der Waals surface area contributed by atoms with Gasteiger partial charge in [0.1, 0.15) is 0 Å². The smallest absolute Gasteiger partial charge is 0.0979 e. The van der Waals surface area contributed by atoms with E-state index in [0.29, 0.717) is 6.10 Å². The second-order valence-corrected chi connectivity index (χ2v) is 6.42. The molecule has 0 aliphatic heterocycles. The lowest BCUT2D eigenvalue weighted by Gasteiger charge is -2.32. The van der Waals surface area contributed by atoms with Gasteiger partial charge in [0.2, 0.25) is 0 Å². The molecule has 0 aromatic heterocycles. The van der Waals surface area contributed by atoms with Gasteiger partial charge < -0.3 is 10.5 Å². The number of rotatable bonds is 5. The molecule has 20 heavy (non-hydrogen) atoms. The van der Waals surface area contributed by atoms with E-state index in [0.717, 1.165) is 12.3 Å². The van der Waals surface area contributed by atoms with Gasteiger partial charge in [-0.2, -0.15) is 0 Å². The van der Waals surface area contributed by atoms with Gasteiger partial charge in [-0.25, -0.2) is 0 Å². The van der Waals surface area contributed by atoms with E-state index in [9.17, 15) is 0 Å². The molecule has 1 aromatic carbocycles. The van der Waals surface area contributed by atoms with Gasteiger partial charge in [-0.1, -0.05) is 43.7 Å². The zero-order chi connectivity index (χ0) is 14.5. The van der Waals surface area contributed by atoms with E-state index < -0.39 is 0 Å². The first kappa shape index (κ1) is 15.5. The zero-order valence-electron chi connectivity index (χ0n) is 13.1. The molecule has 1 aliphatic rings. The maximum absolute atomic E-state index is 6.41. The first-order valence-corrected chi connectivity index (χ1v) is 8.07. The summed E-state index contributed by atoms with van der Waals surface area (Å²) < 4.78 is 6.41. The molecule has 0 heterocycles. The molecule has 112 valence electrons. The molecule has 2 nitrogen and oxygen atoms in total. The summed E-state index contributed by atoms with van der Waals surface area (Å²) >= 11 is 0. The van der Waals surface area contributed by atoms with Crippen LogP contribution < -0.4 is 5.73 Å². The number of aryl methyl sites for hydroxylation is 1. The summed E-state index contributed by atoms with van der Waals surface area (Å²) in [6.07, 6.45) is 6.30. The highest BCUT2D eigenvalue weighted by Gasteiger charge is 2.26. The van der Waals surface area contributed by atoms with Crippen LogP contribution in [0.3, 0.4) is 0 Å². The van der Waals surface area contributed by atoms with Crippen LogP contribution >= 0.6 is 0 Å². The molecule has 0 amide bonds. The lowest BCUT2D eigenvalue weighted by molar-refractivity contribution is -0.0488. The van der Waals surface area contributed by atoms with E-state index in [4.69, 9.17) is 10.5 Å². The summed E-state index contributed by atoms with van der Waals surface area (Å²) in [5.74, 6) is 0.854. The van der Waals surface area contributed by atoms with E-state index in [-0.39, 0.29) is 12.1 Å². The molecule has 2 unspecified atom stereocenters. The van der Waals surface area contributed by atoms with Crippen molar-refractivity contribution in [1.82, 2.24) is 0 Å². The molecule has 0 radical (unpaired) electrons. The fraction of sp³-hybridized carbons (Fsp3) is 0.667. The Labute approximate surface area is 123 Å². The van der Waals surface area contributed by atoms with Gasteiger partial charge in [0.25, 0.3) is 0 Å². The van der Waals surface area contributed by atoms with Gasteiger partial charge in [0.15, 0.2) is 0 Å². The maximum atomic E-state index is 6.41. The number of ether oxygens (including phenoxy) is 1. The minimum atomic E-state index is 0.0401. The van der Waals surface area contributed by atoms with Crippen LogP contribution in [0.25, 0.3) is 0 Å². The molecule has 1 aromatic rings. The first-order valence-electron chi connectivity index (χ1n) is 8.07. The summed E-state index contributed by atoms with van der Waals surface area (Å²) in [5.41, 5.74) is 8.83. The van der Waals surface area contributed by atoms with E-state index in [2.05, 4.69) is 45.0 Å². The van der Waals surface area contributed by atoms with Crippen LogP contribution in [0, 0.1) is 12.8 Å². The van der Waals surface area contributed by atoms with Crippen molar-refractivity contribution >= 4 is 0 Å². The zero-order valence-corrected chi connectivity index (χ0v) is 13.1. The molecule has 0 spiro atoms. The van der Waals surface area contributed by atoms with Crippen molar-refractivity contribution in [1.29, 1.82) is 0 Å². The van der Waals surface area contributed by atoms with E-state index >= 15 is 0 Å². The highest BCUT2D eigenvalue weighted by molar-refractivity contribution is 5.25. The molecular formula is C18H29NO. The summed E-state index contributed by atoms with van der Waals surface area (Å²) in [4.78, 5) is 0. The number of hydrogen-bond donors (Lipinski definition) is 1. The van der Waals surface area contributed by atoms with Crippen LogP contribution in [0.1, 0.15) is 63.2 Å². The monoisotopic (exact) mass is 275 g/mol. The minimum absolute atomic E-state index is 0.0401. The van der Waals surface area contributed by atoms with Crippen molar-refractivity contribution in [2.45, 2.75) is 71.1 Å². The van der Waals surface area contributed by atoms with Crippen LogP contribution in [0.15, 0.2) is 24.3 Å². The molecule has 2 rings (SSSR count). The SMILES string of the molecule is CCC(N)C(OC1CCC(C)CC1)c1cccc(C)c1. The molecule has 2 heteroatoms. The van der Waals surface area contributed by atoms with Crippen LogP contribution in [-0.2, 0) is 4.74 Å². The topological polar surface area (TPSA) is 35.2 Å². The predicted molar refractivity (Wildman–Crippen MR) is 84.7 cm³/mol. The summed E-state index contributed by atoms with van der Waals surface area (Å²) in [6.45, 7) is 6.60. The van der Waals surface area contributed by atoms with E-state index in [1.54, 1.807) is 0 Å². The second-order valence-electron chi connectivity index (χ2n) is 6.42. The fourth-order valence-electron chi connectivity index (χ4n) is 3.06. The van der Waals surface area contributed by atoms with Crippen molar-refractivity contribution in [3.63, 3.8) is 0 Å². The molecule has 1 fully saturated rings. The number of benzene rings is 1. The quantitative estimate of drug-likeness (QED) is 0.866. The first-order chi connectivity index (χ1) is 9.60. The molecule has 1 saturated carbocycles. The third-order valence-electron chi connectivity index (χ3n) is 4.53. The second kappa shape index (κ2) is 7.24. The largest absolute Gasteiger partial charge is 0.369 e. The normalized spacial score (nSPS) is 26.2. The summed E-state index contributed by atoms with van der Waals surface area (Å²) in [7, 11) is 0. The molecule has 0 bridgehead atoms. The van der Waals surface area contributed by atoms with Crippen LogP contribution in [0.5, 0.6) is 0 Å². The minimum Gasteiger partial charge on any atom is -0.369 e. The van der Waals surface area contributed by atoms with Gasteiger partial charge in [0.05, 0.1) is 12.2 Å². The highest BCUT2D eigenvalue weighted by atomic mass is 16.5. The maximum Gasteiger partial charge on any atom is 0.0979 e. The van der Waals surface area contributed by atoms with Gasteiger partial charge in [-0.15, -0.1) is 0 Å². The van der Waals surface area contributed by atoms with Gasteiger partial charge in [-0.05, 0) is 50.5 Å². The average molecular weight is 275 g/mol. The van der Waals surface area contributed by atoms with Crippen molar-refractivity contribution in [3.05, 3.63) is 35.4 Å². The predicted octanol–water partition coefficient (Wildman–Crippen LogP) is 4.37. The van der Waals surface area contributed by atoms with Crippen molar-refractivity contribution in [2.24, 2.45) is 11.7 Å². The number of hydrogen-bond acceptors (Lipinski definition) is 2. The standard InChI is InChI=1S/C18H29NO/c1-4-17(19)18(15-7-5-6-14(3)12-15)20-16-10-8-13(2)9-11-16/h5-7,12-13,16-18H,4,8-11,19H2,1-3H3. The van der Waals surface area contributed by atoms with Crippen LogP contribution in [-0.4, -0.2) is 12.1 Å². The van der Waals surface area contributed by atoms with Gasteiger partial charge in [0, 0.05) is 6.04 Å². The average Bonchev–Trinajstić information content (AvgIpc) is 2.46. The Morgan fingerprint density at radius 2 is 1.95 bits per heavy atom. The lowest BCUT2D eigenvalue weighted by Crippen LogP contribution is -2.33.